The van der Waals surface area contributed by atoms with Crippen LogP contribution < -0.4 is 5.32 Å². The third-order valence-electron chi connectivity index (χ3n) is 3.11. The molecule has 1 N–H and O–H groups in total. The highest BCUT2D eigenvalue weighted by molar-refractivity contribution is 7.19. The van der Waals surface area contributed by atoms with Crippen molar-refractivity contribution in [3.8, 4) is 0 Å². The van der Waals surface area contributed by atoms with Gasteiger partial charge in [0, 0.05) is 15.8 Å². The van der Waals surface area contributed by atoms with Crippen molar-refractivity contribution < 1.29 is 0 Å². The van der Waals surface area contributed by atoms with Gasteiger partial charge in [0.1, 0.15) is 6.04 Å². The SMILES string of the molecule is CCc1c(C2N=CNC=C2Cl)sc2ccccc12.Cl. The van der Waals surface area contributed by atoms with Gasteiger partial charge in [0.2, 0.25) is 0 Å². The summed E-state index contributed by atoms with van der Waals surface area (Å²) in [6.07, 6.45) is 4.52. The Bertz CT molecular complexity index is 646. The van der Waals surface area contributed by atoms with Crippen LogP contribution in [0, 0.1) is 0 Å². The van der Waals surface area contributed by atoms with Crippen LogP contribution in [0.3, 0.4) is 0 Å². The number of fused-ring (bicyclic) bond motifs is 1. The number of halogens is 2. The summed E-state index contributed by atoms with van der Waals surface area (Å²) in [6, 6.07) is 8.45. The number of hydrogen-bond donors (Lipinski definition) is 1. The van der Waals surface area contributed by atoms with E-state index in [2.05, 4.69) is 41.5 Å². The molecule has 1 aromatic heterocycles. The lowest BCUT2D eigenvalue weighted by Crippen LogP contribution is -2.11. The highest BCUT2D eigenvalue weighted by Gasteiger charge is 2.22. The molecule has 2 nitrogen and oxygen atoms in total. The van der Waals surface area contributed by atoms with Gasteiger partial charge >= 0.3 is 0 Å². The predicted molar refractivity (Wildman–Crippen MR) is 86.8 cm³/mol. The van der Waals surface area contributed by atoms with E-state index in [1.807, 2.05) is 6.20 Å². The molecular weight excluding hydrogens is 299 g/mol. The third kappa shape index (κ3) is 2.50. The molecule has 0 fully saturated rings. The van der Waals surface area contributed by atoms with Gasteiger partial charge in [-0.2, -0.15) is 0 Å². The Balaban J connectivity index is 0.00000133. The first-order valence-electron chi connectivity index (χ1n) is 5.95. The molecule has 1 atom stereocenters. The van der Waals surface area contributed by atoms with E-state index in [4.69, 9.17) is 11.6 Å². The van der Waals surface area contributed by atoms with Crippen LogP contribution in [-0.4, -0.2) is 6.34 Å². The van der Waals surface area contributed by atoms with Gasteiger partial charge in [-0.25, -0.2) is 0 Å². The van der Waals surface area contributed by atoms with Crippen molar-refractivity contribution in [1.29, 1.82) is 0 Å². The number of nitrogens with zero attached hydrogens (tertiary/aromatic N) is 1. The van der Waals surface area contributed by atoms with E-state index in [1.165, 1.54) is 20.5 Å². The average Bonchev–Trinajstić information content (AvgIpc) is 2.77. The minimum absolute atomic E-state index is 0. The summed E-state index contributed by atoms with van der Waals surface area (Å²) in [5.41, 5.74) is 1.37. The Morgan fingerprint density at radius 1 is 1.37 bits per heavy atom. The van der Waals surface area contributed by atoms with Crippen LogP contribution in [-0.2, 0) is 6.42 Å². The molecule has 2 aromatic rings. The smallest absolute Gasteiger partial charge is 0.123 e. The molecule has 1 aromatic carbocycles. The van der Waals surface area contributed by atoms with Gasteiger partial charge in [-0.15, -0.1) is 23.7 Å². The Kier molecular flexibility index (Phi) is 4.50. The second-order valence-electron chi connectivity index (χ2n) is 4.17. The van der Waals surface area contributed by atoms with Crippen molar-refractivity contribution >= 4 is 51.8 Å². The number of benzene rings is 1. The van der Waals surface area contributed by atoms with E-state index < -0.39 is 0 Å². The normalized spacial score (nSPS) is 17.8. The molecule has 1 aliphatic rings. The van der Waals surface area contributed by atoms with Crippen LogP contribution >= 0.6 is 35.3 Å². The van der Waals surface area contributed by atoms with E-state index in [0.717, 1.165) is 11.5 Å². The zero-order valence-corrected chi connectivity index (χ0v) is 12.8. The molecule has 0 bridgehead atoms. The van der Waals surface area contributed by atoms with Crippen LogP contribution in [0.1, 0.15) is 23.4 Å². The van der Waals surface area contributed by atoms with Crippen LogP contribution in [0.5, 0.6) is 0 Å². The van der Waals surface area contributed by atoms with Crippen LogP contribution in [0.25, 0.3) is 10.1 Å². The highest BCUT2D eigenvalue weighted by atomic mass is 35.5. The summed E-state index contributed by atoms with van der Waals surface area (Å²) in [5.74, 6) is 0. The Hall–Kier alpha value is -1.03. The minimum atomic E-state index is -0.0414. The lowest BCUT2D eigenvalue weighted by Gasteiger charge is -2.15. The molecule has 1 unspecified atom stereocenters. The summed E-state index contributed by atoms with van der Waals surface area (Å²) in [7, 11) is 0. The molecule has 0 amide bonds. The van der Waals surface area contributed by atoms with E-state index in [0.29, 0.717) is 0 Å². The maximum absolute atomic E-state index is 6.27. The van der Waals surface area contributed by atoms with E-state index in [9.17, 15) is 0 Å². The summed E-state index contributed by atoms with van der Waals surface area (Å²) >= 11 is 8.06. The molecule has 0 saturated heterocycles. The first-order chi connectivity index (χ1) is 8.81. The van der Waals surface area contributed by atoms with Crippen molar-refractivity contribution in [2.24, 2.45) is 4.99 Å². The van der Waals surface area contributed by atoms with Crippen molar-refractivity contribution in [1.82, 2.24) is 5.32 Å². The number of hydrogen-bond acceptors (Lipinski definition) is 3. The molecule has 0 spiro atoms. The predicted octanol–water partition coefficient (Wildman–Crippen LogP) is 4.64. The first-order valence-corrected chi connectivity index (χ1v) is 7.14. The molecular formula is C14H14Cl2N2S. The van der Waals surface area contributed by atoms with Crippen molar-refractivity contribution in [2.45, 2.75) is 19.4 Å². The molecule has 19 heavy (non-hydrogen) atoms. The summed E-state index contributed by atoms with van der Waals surface area (Å²) < 4.78 is 1.31. The molecule has 5 heteroatoms. The number of nitrogens with one attached hydrogen (secondary N) is 1. The fraction of sp³-hybridized carbons (Fsp3) is 0.214. The lowest BCUT2D eigenvalue weighted by atomic mass is 10.0. The summed E-state index contributed by atoms with van der Waals surface area (Å²) in [4.78, 5) is 5.72. The van der Waals surface area contributed by atoms with Gasteiger partial charge in [0.05, 0.1) is 11.4 Å². The Morgan fingerprint density at radius 2 is 2.16 bits per heavy atom. The fourth-order valence-corrected chi connectivity index (χ4v) is 3.94. The monoisotopic (exact) mass is 312 g/mol. The van der Waals surface area contributed by atoms with E-state index in [1.54, 1.807) is 17.7 Å². The van der Waals surface area contributed by atoms with Gasteiger partial charge in [-0.3, -0.25) is 4.99 Å². The van der Waals surface area contributed by atoms with Crippen molar-refractivity contribution in [3.05, 3.63) is 45.9 Å². The average molecular weight is 313 g/mol. The first kappa shape index (κ1) is 14.4. The van der Waals surface area contributed by atoms with Gasteiger partial charge in [-0.05, 0) is 23.4 Å². The largest absolute Gasteiger partial charge is 0.352 e. The maximum atomic E-state index is 6.27. The third-order valence-corrected chi connectivity index (χ3v) is 4.69. The number of thiophene rings is 1. The van der Waals surface area contributed by atoms with Crippen molar-refractivity contribution in [2.75, 3.05) is 0 Å². The van der Waals surface area contributed by atoms with Gasteiger partial charge in [0.15, 0.2) is 0 Å². The topological polar surface area (TPSA) is 24.4 Å². The van der Waals surface area contributed by atoms with Gasteiger partial charge in [-0.1, -0.05) is 36.7 Å². The zero-order chi connectivity index (χ0) is 12.5. The van der Waals surface area contributed by atoms with Crippen LogP contribution in [0.2, 0.25) is 0 Å². The fourth-order valence-electron chi connectivity index (χ4n) is 2.28. The summed E-state index contributed by atoms with van der Waals surface area (Å²) in [6.45, 7) is 2.18. The summed E-state index contributed by atoms with van der Waals surface area (Å²) in [5, 5.41) is 5.00. The maximum Gasteiger partial charge on any atom is 0.123 e. The zero-order valence-electron chi connectivity index (χ0n) is 10.4. The number of rotatable bonds is 2. The second kappa shape index (κ2) is 5.95. The standard InChI is InChI=1S/C14H13ClN2S.ClH/c1-2-9-10-5-3-4-6-12(10)18-14(9)13-11(15)7-16-8-17-13;/h3-8,13H,2H2,1H3,(H,16,17);1H. The number of aliphatic imine (C=N–C) groups is 1. The van der Waals surface area contributed by atoms with E-state index >= 15 is 0 Å². The van der Waals surface area contributed by atoms with Crippen LogP contribution in [0.15, 0.2) is 40.5 Å². The molecule has 0 radical (unpaired) electrons. The Morgan fingerprint density at radius 3 is 2.89 bits per heavy atom. The molecule has 1 aliphatic heterocycles. The molecule has 0 saturated carbocycles. The quantitative estimate of drug-likeness (QED) is 0.858. The number of aryl methyl sites for hydroxylation is 1. The molecule has 100 valence electrons. The molecule has 3 rings (SSSR count). The van der Waals surface area contributed by atoms with E-state index in [-0.39, 0.29) is 18.4 Å². The van der Waals surface area contributed by atoms with Gasteiger partial charge in [0.25, 0.3) is 0 Å². The molecule has 2 heterocycles. The second-order valence-corrected chi connectivity index (χ2v) is 5.69. The lowest BCUT2D eigenvalue weighted by molar-refractivity contribution is 0.870. The van der Waals surface area contributed by atoms with Crippen molar-refractivity contribution in [3.63, 3.8) is 0 Å². The highest BCUT2D eigenvalue weighted by Crippen LogP contribution is 2.41. The van der Waals surface area contributed by atoms with Crippen LogP contribution in [0.4, 0.5) is 0 Å². The van der Waals surface area contributed by atoms with Gasteiger partial charge < -0.3 is 5.32 Å². The molecule has 0 aliphatic carbocycles. The Labute approximate surface area is 127 Å². The minimum Gasteiger partial charge on any atom is -0.352 e.